The van der Waals surface area contributed by atoms with E-state index in [0.717, 1.165) is 43.2 Å². The van der Waals surface area contributed by atoms with Crippen molar-refractivity contribution in [3.8, 4) is 0 Å². The highest BCUT2D eigenvalue weighted by molar-refractivity contribution is 5.88. The van der Waals surface area contributed by atoms with Gasteiger partial charge in [-0.25, -0.2) is 4.79 Å². The van der Waals surface area contributed by atoms with Gasteiger partial charge in [-0.3, -0.25) is 4.79 Å². The van der Waals surface area contributed by atoms with Gasteiger partial charge in [0.2, 0.25) is 0 Å². The predicted octanol–water partition coefficient (Wildman–Crippen LogP) is 2.62. The molecule has 1 aliphatic heterocycles. The summed E-state index contributed by atoms with van der Waals surface area (Å²) in [7, 11) is 0. The van der Waals surface area contributed by atoms with E-state index in [1.807, 2.05) is 17.9 Å². The minimum absolute atomic E-state index is 0.0724. The van der Waals surface area contributed by atoms with E-state index in [0.29, 0.717) is 19.7 Å². The van der Waals surface area contributed by atoms with Gasteiger partial charge in [-0.2, -0.15) is 0 Å². The molecule has 1 aromatic carbocycles. The van der Waals surface area contributed by atoms with Crippen LogP contribution in [0, 0.1) is 0 Å². The number of hydrogen-bond donors (Lipinski definition) is 1. The lowest BCUT2D eigenvalue weighted by Gasteiger charge is -2.37. The molecule has 1 fully saturated rings. The number of aromatic carboxylic acids is 1. The van der Waals surface area contributed by atoms with Gasteiger partial charge in [-0.15, -0.1) is 0 Å². The normalized spacial score (nSPS) is 19.4. The van der Waals surface area contributed by atoms with Gasteiger partial charge in [0, 0.05) is 19.7 Å². The first-order valence-electron chi connectivity index (χ1n) is 8.34. The number of carboxylic acid groups (broad SMARTS) is 1. The average molecular weight is 317 g/mol. The Balaban J connectivity index is 1.81. The van der Waals surface area contributed by atoms with Gasteiger partial charge < -0.3 is 14.7 Å². The van der Waals surface area contributed by atoms with Gasteiger partial charge >= 0.3 is 5.97 Å². The summed E-state index contributed by atoms with van der Waals surface area (Å²) in [4.78, 5) is 26.0. The molecule has 1 aromatic rings. The van der Waals surface area contributed by atoms with Crippen LogP contribution in [0.4, 0.5) is 0 Å². The summed E-state index contributed by atoms with van der Waals surface area (Å²) in [5.41, 5.74) is 1.69. The number of carbonyl (C=O) groups is 2. The third kappa shape index (κ3) is 2.98. The molecule has 124 valence electrons. The quantitative estimate of drug-likeness (QED) is 0.927. The summed E-state index contributed by atoms with van der Waals surface area (Å²) in [6.45, 7) is 3.62. The Morgan fingerprint density at radius 2 is 2.00 bits per heavy atom. The summed E-state index contributed by atoms with van der Waals surface area (Å²) in [5.74, 6) is -0.860. The van der Waals surface area contributed by atoms with Gasteiger partial charge in [0.25, 0.3) is 5.91 Å². The second-order valence-corrected chi connectivity index (χ2v) is 6.40. The van der Waals surface area contributed by atoms with Crippen LogP contribution in [0.1, 0.15) is 54.1 Å². The van der Waals surface area contributed by atoms with Crippen molar-refractivity contribution in [3.63, 3.8) is 0 Å². The Kier molecular flexibility index (Phi) is 4.39. The summed E-state index contributed by atoms with van der Waals surface area (Å²) >= 11 is 0. The van der Waals surface area contributed by atoms with E-state index in [2.05, 4.69) is 0 Å². The molecule has 5 nitrogen and oxygen atoms in total. The van der Waals surface area contributed by atoms with Gasteiger partial charge in [0.05, 0.1) is 5.56 Å². The number of ether oxygens (including phenoxy) is 1. The number of rotatable bonds is 4. The number of nitrogens with zero attached hydrogens (tertiary/aromatic N) is 1. The minimum Gasteiger partial charge on any atom is -0.478 e. The third-order valence-corrected chi connectivity index (χ3v) is 4.97. The van der Waals surface area contributed by atoms with E-state index in [1.165, 1.54) is 0 Å². The highest BCUT2D eigenvalue weighted by Crippen LogP contribution is 2.36. The molecule has 1 N–H and O–H groups in total. The average Bonchev–Trinajstić information content (AvgIpc) is 3.03. The van der Waals surface area contributed by atoms with Crippen molar-refractivity contribution in [2.45, 2.75) is 51.2 Å². The van der Waals surface area contributed by atoms with Crippen molar-refractivity contribution in [3.05, 3.63) is 34.9 Å². The van der Waals surface area contributed by atoms with Crippen LogP contribution in [0.15, 0.2) is 18.2 Å². The number of amides is 1. The summed E-state index contributed by atoms with van der Waals surface area (Å²) in [5, 5.41) is 9.14. The van der Waals surface area contributed by atoms with Crippen LogP contribution in [-0.2, 0) is 22.5 Å². The van der Waals surface area contributed by atoms with Gasteiger partial charge in [-0.05, 0) is 62.3 Å². The first kappa shape index (κ1) is 16.0. The molecule has 0 aromatic heterocycles. The lowest BCUT2D eigenvalue weighted by Crippen LogP contribution is -2.50. The number of carboxylic acids is 1. The zero-order chi connectivity index (χ0) is 16.4. The van der Waals surface area contributed by atoms with Crippen LogP contribution in [0.25, 0.3) is 0 Å². The SMILES string of the molecule is CCOC1(C(=O)N2CCc3ccc(C(=O)O)cc3C2)CCCC1. The lowest BCUT2D eigenvalue weighted by atomic mass is 9.94. The molecule has 1 saturated carbocycles. The zero-order valence-corrected chi connectivity index (χ0v) is 13.5. The Bertz CT molecular complexity index is 619. The molecule has 2 aliphatic rings. The molecule has 1 aliphatic carbocycles. The highest BCUT2D eigenvalue weighted by Gasteiger charge is 2.44. The first-order chi connectivity index (χ1) is 11.1. The van der Waals surface area contributed by atoms with Crippen LogP contribution in [0.3, 0.4) is 0 Å². The van der Waals surface area contributed by atoms with E-state index in [-0.39, 0.29) is 11.5 Å². The molecule has 1 amide bonds. The standard InChI is InChI=1S/C18H23NO4/c1-2-23-18(8-3-4-9-18)17(22)19-10-7-13-5-6-14(16(20)21)11-15(13)12-19/h5-6,11H,2-4,7-10,12H2,1H3,(H,20,21). The molecular formula is C18H23NO4. The van der Waals surface area contributed by atoms with E-state index >= 15 is 0 Å². The summed E-state index contributed by atoms with van der Waals surface area (Å²) < 4.78 is 5.87. The third-order valence-electron chi connectivity index (χ3n) is 4.97. The number of carbonyl (C=O) groups excluding carboxylic acids is 1. The second-order valence-electron chi connectivity index (χ2n) is 6.40. The Labute approximate surface area is 136 Å². The van der Waals surface area contributed by atoms with E-state index in [9.17, 15) is 9.59 Å². The molecule has 23 heavy (non-hydrogen) atoms. The van der Waals surface area contributed by atoms with E-state index < -0.39 is 11.6 Å². The van der Waals surface area contributed by atoms with Crippen LogP contribution < -0.4 is 0 Å². The molecule has 0 unspecified atom stereocenters. The highest BCUT2D eigenvalue weighted by atomic mass is 16.5. The maximum absolute atomic E-state index is 13.0. The van der Waals surface area contributed by atoms with Gasteiger partial charge in [0.15, 0.2) is 0 Å². The van der Waals surface area contributed by atoms with E-state index in [4.69, 9.17) is 9.84 Å². The summed E-state index contributed by atoms with van der Waals surface area (Å²) in [6, 6.07) is 5.20. The fourth-order valence-electron chi connectivity index (χ4n) is 3.79. The Morgan fingerprint density at radius 1 is 1.26 bits per heavy atom. The zero-order valence-electron chi connectivity index (χ0n) is 13.5. The van der Waals surface area contributed by atoms with Crippen molar-refractivity contribution in [1.82, 2.24) is 4.90 Å². The number of benzene rings is 1. The smallest absolute Gasteiger partial charge is 0.335 e. The van der Waals surface area contributed by atoms with Crippen molar-refractivity contribution >= 4 is 11.9 Å². The molecule has 0 radical (unpaired) electrons. The first-order valence-corrected chi connectivity index (χ1v) is 8.34. The fraction of sp³-hybridized carbons (Fsp3) is 0.556. The predicted molar refractivity (Wildman–Crippen MR) is 85.3 cm³/mol. The van der Waals surface area contributed by atoms with Gasteiger partial charge in [-0.1, -0.05) is 6.07 Å². The second kappa shape index (κ2) is 6.32. The topological polar surface area (TPSA) is 66.8 Å². The number of fused-ring (bicyclic) bond motifs is 1. The maximum atomic E-state index is 13.0. The van der Waals surface area contributed by atoms with Crippen molar-refractivity contribution in [1.29, 1.82) is 0 Å². The van der Waals surface area contributed by atoms with Crippen molar-refractivity contribution < 1.29 is 19.4 Å². The molecular weight excluding hydrogens is 294 g/mol. The summed E-state index contributed by atoms with van der Waals surface area (Å²) in [6.07, 6.45) is 4.40. The Hall–Kier alpha value is -1.88. The van der Waals surface area contributed by atoms with Gasteiger partial charge in [0.1, 0.15) is 5.60 Å². The molecule has 0 spiro atoms. The Morgan fingerprint density at radius 3 is 2.65 bits per heavy atom. The molecule has 5 heteroatoms. The minimum atomic E-state index is -0.933. The van der Waals surface area contributed by atoms with E-state index in [1.54, 1.807) is 12.1 Å². The van der Waals surface area contributed by atoms with Crippen LogP contribution in [-0.4, -0.2) is 40.6 Å². The molecule has 0 bridgehead atoms. The largest absolute Gasteiger partial charge is 0.478 e. The molecule has 0 atom stereocenters. The van der Waals surface area contributed by atoms with Crippen LogP contribution >= 0.6 is 0 Å². The lowest BCUT2D eigenvalue weighted by molar-refractivity contribution is -0.158. The van der Waals surface area contributed by atoms with Crippen LogP contribution in [0.5, 0.6) is 0 Å². The molecule has 1 heterocycles. The van der Waals surface area contributed by atoms with Crippen LogP contribution in [0.2, 0.25) is 0 Å². The van der Waals surface area contributed by atoms with Crippen molar-refractivity contribution in [2.24, 2.45) is 0 Å². The van der Waals surface area contributed by atoms with Crippen molar-refractivity contribution in [2.75, 3.05) is 13.2 Å². The number of hydrogen-bond acceptors (Lipinski definition) is 3. The monoisotopic (exact) mass is 317 g/mol. The molecule has 3 rings (SSSR count). The molecule has 0 saturated heterocycles. The fourth-order valence-corrected chi connectivity index (χ4v) is 3.79. The maximum Gasteiger partial charge on any atom is 0.335 e.